The number of anilines is 1. The zero-order valence-corrected chi connectivity index (χ0v) is 17.8. The summed E-state index contributed by atoms with van der Waals surface area (Å²) in [5.41, 5.74) is 2.80. The molecule has 1 amide bonds. The van der Waals surface area contributed by atoms with E-state index in [4.69, 9.17) is 0 Å². The molecule has 32 heavy (non-hydrogen) atoms. The van der Waals surface area contributed by atoms with Crippen LogP contribution in [0.25, 0.3) is 16.0 Å². The number of carbonyl (C=O) groups excluding carboxylic acids is 2. The van der Waals surface area contributed by atoms with Gasteiger partial charge in [0.05, 0.1) is 21.8 Å². The van der Waals surface area contributed by atoms with E-state index >= 15 is 0 Å². The first-order valence-corrected chi connectivity index (χ1v) is 10.8. The molecule has 1 unspecified atom stereocenters. The summed E-state index contributed by atoms with van der Waals surface area (Å²) in [5, 5.41) is 21.2. The van der Waals surface area contributed by atoms with Gasteiger partial charge in [-0.1, -0.05) is 59.9 Å². The fraction of sp³-hybridized carbons (Fsp3) is 0.0800. The van der Waals surface area contributed by atoms with Gasteiger partial charge in [-0.05, 0) is 42.3 Å². The van der Waals surface area contributed by atoms with Crippen molar-refractivity contribution >= 4 is 44.1 Å². The lowest BCUT2D eigenvalue weighted by Gasteiger charge is -2.23. The van der Waals surface area contributed by atoms with Gasteiger partial charge in [-0.25, -0.2) is 4.98 Å². The predicted octanol–water partition coefficient (Wildman–Crippen LogP) is 4.94. The molecular weight excluding hydrogens is 424 g/mol. The van der Waals surface area contributed by atoms with E-state index in [1.807, 2.05) is 25.1 Å². The Labute approximate surface area is 187 Å². The SMILES string of the molecule is Cc1ccc2nc(N3C(=O)C(=O)/C(=C(/O)c4ccccc4)C3c3ccc(O)cc3)sc2c1. The number of hydrogen-bond donors (Lipinski definition) is 2. The first-order chi connectivity index (χ1) is 15.4. The minimum Gasteiger partial charge on any atom is -0.508 e. The molecule has 1 aromatic heterocycles. The normalized spacial score (nSPS) is 17.9. The largest absolute Gasteiger partial charge is 0.508 e. The number of hydrogen-bond acceptors (Lipinski definition) is 6. The van der Waals surface area contributed by atoms with Crippen LogP contribution in [0.2, 0.25) is 0 Å². The molecule has 2 N–H and O–H groups in total. The Morgan fingerprint density at radius 2 is 1.72 bits per heavy atom. The molecule has 158 valence electrons. The van der Waals surface area contributed by atoms with Crippen molar-refractivity contribution in [3.63, 3.8) is 0 Å². The van der Waals surface area contributed by atoms with Crippen LogP contribution in [0.1, 0.15) is 22.7 Å². The molecule has 1 atom stereocenters. The van der Waals surface area contributed by atoms with E-state index in [0.29, 0.717) is 16.3 Å². The van der Waals surface area contributed by atoms with E-state index in [1.54, 1.807) is 42.5 Å². The van der Waals surface area contributed by atoms with Crippen LogP contribution in [0.3, 0.4) is 0 Å². The average molecular weight is 442 g/mol. The second kappa shape index (κ2) is 7.62. The van der Waals surface area contributed by atoms with Gasteiger partial charge >= 0.3 is 5.91 Å². The molecule has 1 saturated heterocycles. The number of aromatic hydroxyl groups is 1. The Balaban J connectivity index is 1.73. The highest BCUT2D eigenvalue weighted by Crippen LogP contribution is 2.44. The predicted molar refractivity (Wildman–Crippen MR) is 124 cm³/mol. The lowest BCUT2D eigenvalue weighted by atomic mass is 9.95. The Hall–Kier alpha value is -3.97. The Morgan fingerprint density at radius 3 is 2.44 bits per heavy atom. The van der Waals surface area contributed by atoms with E-state index in [1.165, 1.54) is 28.4 Å². The number of fused-ring (bicyclic) bond motifs is 1. The number of benzene rings is 3. The zero-order chi connectivity index (χ0) is 22.4. The van der Waals surface area contributed by atoms with E-state index in [9.17, 15) is 19.8 Å². The van der Waals surface area contributed by atoms with Crippen molar-refractivity contribution in [2.45, 2.75) is 13.0 Å². The van der Waals surface area contributed by atoms with Gasteiger partial charge in [0, 0.05) is 5.56 Å². The van der Waals surface area contributed by atoms with E-state index in [0.717, 1.165) is 15.8 Å². The molecule has 6 nitrogen and oxygen atoms in total. The number of aliphatic hydroxyl groups is 1. The van der Waals surface area contributed by atoms with Crippen LogP contribution in [-0.2, 0) is 9.59 Å². The zero-order valence-electron chi connectivity index (χ0n) is 17.0. The topological polar surface area (TPSA) is 90.7 Å². The summed E-state index contributed by atoms with van der Waals surface area (Å²) in [6.07, 6.45) is 0. The van der Waals surface area contributed by atoms with Crippen LogP contribution in [-0.4, -0.2) is 26.9 Å². The van der Waals surface area contributed by atoms with Crippen LogP contribution >= 0.6 is 11.3 Å². The first kappa shape index (κ1) is 20.0. The van der Waals surface area contributed by atoms with Crippen LogP contribution < -0.4 is 4.90 Å². The second-order valence-corrected chi connectivity index (χ2v) is 8.60. The van der Waals surface area contributed by atoms with Crippen molar-refractivity contribution in [3.05, 3.63) is 95.1 Å². The molecule has 3 aromatic carbocycles. The van der Waals surface area contributed by atoms with Crippen molar-refractivity contribution in [1.29, 1.82) is 0 Å². The van der Waals surface area contributed by atoms with Crippen molar-refractivity contribution in [2.24, 2.45) is 0 Å². The number of carbonyl (C=O) groups is 2. The number of aryl methyl sites for hydroxylation is 1. The molecule has 0 radical (unpaired) electrons. The lowest BCUT2D eigenvalue weighted by molar-refractivity contribution is -0.132. The van der Waals surface area contributed by atoms with Gasteiger partial charge in [-0.15, -0.1) is 0 Å². The molecule has 1 aliphatic heterocycles. The third kappa shape index (κ3) is 3.23. The number of amides is 1. The van der Waals surface area contributed by atoms with Crippen molar-refractivity contribution in [3.8, 4) is 5.75 Å². The van der Waals surface area contributed by atoms with Gasteiger partial charge in [0.1, 0.15) is 11.5 Å². The molecule has 4 aromatic rings. The number of thiazole rings is 1. The van der Waals surface area contributed by atoms with Crippen LogP contribution in [0.4, 0.5) is 5.13 Å². The van der Waals surface area contributed by atoms with E-state index < -0.39 is 17.7 Å². The summed E-state index contributed by atoms with van der Waals surface area (Å²) in [7, 11) is 0. The number of phenols is 1. The molecule has 0 aliphatic carbocycles. The van der Waals surface area contributed by atoms with Gasteiger partial charge in [0.2, 0.25) is 0 Å². The van der Waals surface area contributed by atoms with Gasteiger partial charge in [0.15, 0.2) is 5.13 Å². The summed E-state index contributed by atoms with van der Waals surface area (Å²) in [6, 6.07) is 19.8. The minimum atomic E-state index is -0.877. The molecule has 1 aliphatic rings. The van der Waals surface area contributed by atoms with Gasteiger partial charge in [-0.2, -0.15) is 0 Å². The highest BCUT2D eigenvalue weighted by Gasteiger charge is 2.48. The maximum absolute atomic E-state index is 13.2. The maximum Gasteiger partial charge on any atom is 0.301 e. The molecule has 0 saturated carbocycles. The third-order valence-electron chi connectivity index (χ3n) is 5.44. The Kier molecular flexibility index (Phi) is 4.75. The Morgan fingerprint density at radius 1 is 1.00 bits per heavy atom. The fourth-order valence-electron chi connectivity index (χ4n) is 3.88. The standard InChI is InChI=1S/C25H18N2O4S/c1-14-7-12-18-19(13-14)32-25(26-18)27-21(15-8-10-17(28)11-9-15)20(23(30)24(27)31)22(29)16-5-3-2-4-6-16/h2-13,21,28-29H,1H3/b22-20+. The van der Waals surface area contributed by atoms with Crippen LogP contribution in [0, 0.1) is 6.92 Å². The summed E-state index contributed by atoms with van der Waals surface area (Å²) >= 11 is 1.31. The summed E-state index contributed by atoms with van der Waals surface area (Å²) in [5.74, 6) is -1.72. The smallest absolute Gasteiger partial charge is 0.301 e. The molecule has 0 spiro atoms. The Bertz CT molecular complexity index is 1390. The number of phenolic OH excluding ortho intramolecular Hbond substituents is 1. The highest BCUT2D eigenvalue weighted by molar-refractivity contribution is 7.22. The number of Topliss-reactive ketones (excluding diaryl/α,β-unsaturated/α-hetero) is 1. The number of ketones is 1. The number of aromatic nitrogens is 1. The number of nitrogens with zero attached hydrogens (tertiary/aromatic N) is 2. The fourth-order valence-corrected chi connectivity index (χ4v) is 4.97. The van der Waals surface area contributed by atoms with Crippen molar-refractivity contribution in [1.82, 2.24) is 4.98 Å². The molecule has 7 heteroatoms. The number of rotatable bonds is 3. The van der Waals surface area contributed by atoms with Crippen molar-refractivity contribution < 1.29 is 19.8 Å². The summed E-state index contributed by atoms with van der Waals surface area (Å²) in [4.78, 5) is 32.3. The summed E-state index contributed by atoms with van der Waals surface area (Å²) in [6.45, 7) is 1.97. The third-order valence-corrected chi connectivity index (χ3v) is 6.46. The molecular formula is C25H18N2O4S. The van der Waals surface area contributed by atoms with Crippen molar-refractivity contribution in [2.75, 3.05) is 4.90 Å². The van der Waals surface area contributed by atoms with E-state index in [-0.39, 0.29) is 17.1 Å². The maximum atomic E-state index is 13.2. The molecule has 2 heterocycles. The second-order valence-electron chi connectivity index (χ2n) is 7.59. The number of aliphatic hydroxyl groups excluding tert-OH is 1. The highest BCUT2D eigenvalue weighted by atomic mass is 32.1. The van der Waals surface area contributed by atoms with Crippen LogP contribution in [0.15, 0.2) is 78.4 Å². The molecule has 0 bridgehead atoms. The monoisotopic (exact) mass is 442 g/mol. The molecule has 1 fully saturated rings. The van der Waals surface area contributed by atoms with Crippen LogP contribution in [0.5, 0.6) is 5.75 Å². The van der Waals surface area contributed by atoms with Gasteiger partial charge in [-0.3, -0.25) is 14.5 Å². The summed E-state index contributed by atoms with van der Waals surface area (Å²) < 4.78 is 0.898. The quantitative estimate of drug-likeness (QED) is 0.267. The van der Waals surface area contributed by atoms with Gasteiger partial charge < -0.3 is 10.2 Å². The first-order valence-electron chi connectivity index (χ1n) is 9.96. The minimum absolute atomic E-state index is 0.0117. The average Bonchev–Trinajstić information content (AvgIpc) is 3.32. The van der Waals surface area contributed by atoms with E-state index in [2.05, 4.69) is 4.98 Å². The molecule has 5 rings (SSSR count). The lowest BCUT2D eigenvalue weighted by Crippen LogP contribution is -2.29. The van der Waals surface area contributed by atoms with Gasteiger partial charge in [0.25, 0.3) is 5.78 Å².